The van der Waals surface area contributed by atoms with Gasteiger partial charge in [-0.2, -0.15) is 4.31 Å². The quantitative estimate of drug-likeness (QED) is 0.770. The number of nitrogens with zero attached hydrogens (tertiary/aromatic N) is 2. The molecule has 2 saturated heterocycles. The number of likely N-dealkylation sites (tertiary alicyclic amines) is 1. The van der Waals surface area contributed by atoms with E-state index in [-0.39, 0.29) is 28.7 Å². The number of aryl methyl sites for hydroxylation is 1. The number of hydrogen-bond acceptors (Lipinski definition) is 4. The average Bonchev–Trinajstić information content (AvgIpc) is 2.74. The van der Waals surface area contributed by atoms with Crippen molar-refractivity contribution in [2.45, 2.75) is 63.8 Å². The fraction of sp³-hybridized carbons (Fsp3) is 0.636. The molecule has 2 heterocycles. The first-order chi connectivity index (χ1) is 14.2. The molecule has 0 radical (unpaired) electrons. The van der Waals surface area contributed by atoms with E-state index in [1.165, 1.54) is 10.4 Å². The molecule has 2 amide bonds. The first kappa shape index (κ1) is 22.7. The van der Waals surface area contributed by atoms with E-state index in [1.807, 2.05) is 25.7 Å². The zero-order chi connectivity index (χ0) is 21.9. The van der Waals surface area contributed by atoms with Crippen molar-refractivity contribution < 1.29 is 18.0 Å². The second-order valence-corrected chi connectivity index (χ2v) is 10.6. The van der Waals surface area contributed by atoms with Crippen molar-refractivity contribution in [1.29, 1.82) is 0 Å². The Balaban J connectivity index is 1.68. The number of amides is 2. The molecule has 0 spiro atoms. The monoisotopic (exact) mass is 435 g/mol. The van der Waals surface area contributed by atoms with Crippen LogP contribution in [0.5, 0.6) is 0 Å². The third kappa shape index (κ3) is 5.03. The molecule has 0 unspecified atom stereocenters. The molecule has 1 aromatic rings. The third-order valence-corrected chi connectivity index (χ3v) is 7.94. The summed E-state index contributed by atoms with van der Waals surface area (Å²) in [6, 6.07) is 4.78. The molecule has 2 aliphatic rings. The number of carbonyl (C=O) groups excluding carboxylic acids is 2. The molecule has 8 heteroatoms. The van der Waals surface area contributed by atoms with Crippen LogP contribution in [0.1, 0.15) is 61.9 Å². The fourth-order valence-electron chi connectivity index (χ4n) is 4.13. The maximum atomic E-state index is 13.0. The number of piperidine rings is 2. The second-order valence-electron chi connectivity index (χ2n) is 8.67. The molecule has 0 saturated carbocycles. The molecule has 30 heavy (non-hydrogen) atoms. The van der Waals surface area contributed by atoms with E-state index in [1.54, 1.807) is 12.1 Å². The summed E-state index contributed by atoms with van der Waals surface area (Å²) >= 11 is 0. The van der Waals surface area contributed by atoms with Gasteiger partial charge in [0.2, 0.25) is 15.9 Å². The smallest absolute Gasteiger partial charge is 0.251 e. The van der Waals surface area contributed by atoms with Crippen molar-refractivity contribution >= 4 is 21.8 Å². The van der Waals surface area contributed by atoms with Crippen LogP contribution in [0, 0.1) is 12.8 Å². The Labute approximate surface area is 179 Å². The molecule has 2 fully saturated rings. The van der Waals surface area contributed by atoms with Crippen LogP contribution in [-0.2, 0) is 14.8 Å². The summed E-state index contributed by atoms with van der Waals surface area (Å²) in [4.78, 5) is 27.1. The molecular formula is C22H33N3O4S. The second kappa shape index (κ2) is 9.47. The molecule has 7 nitrogen and oxygen atoms in total. The van der Waals surface area contributed by atoms with Gasteiger partial charge >= 0.3 is 0 Å². The highest BCUT2D eigenvalue weighted by Crippen LogP contribution is 2.23. The van der Waals surface area contributed by atoms with Gasteiger partial charge in [0.15, 0.2) is 0 Å². The van der Waals surface area contributed by atoms with Crippen LogP contribution in [0.4, 0.5) is 0 Å². The number of hydrogen-bond donors (Lipinski definition) is 1. The Kier molecular flexibility index (Phi) is 7.18. The van der Waals surface area contributed by atoms with Gasteiger partial charge < -0.3 is 10.2 Å². The van der Waals surface area contributed by atoms with E-state index < -0.39 is 10.0 Å². The van der Waals surface area contributed by atoms with Crippen LogP contribution in [0.2, 0.25) is 0 Å². The van der Waals surface area contributed by atoms with E-state index in [0.29, 0.717) is 44.6 Å². The Bertz CT molecular complexity index is 884. The summed E-state index contributed by atoms with van der Waals surface area (Å²) in [5.41, 5.74) is 1.14. The highest BCUT2D eigenvalue weighted by atomic mass is 32.2. The van der Waals surface area contributed by atoms with E-state index >= 15 is 0 Å². The van der Waals surface area contributed by atoms with E-state index in [0.717, 1.165) is 24.8 Å². The van der Waals surface area contributed by atoms with E-state index in [9.17, 15) is 18.0 Å². The predicted octanol–water partition coefficient (Wildman–Crippen LogP) is 2.55. The Morgan fingerprint density at radius 2 is 1.67 bits per heavy atom. The molecule has 166 valence electrons. The number of rotatable bonds is 5. The summed E-state index contributed by atoms with van der Waals surface area (Å²) < 4.78 is 27.5. The number of carbonyl (C=O) groups is 2. The Hall–Kier alpha value is -1.93. The van der Waals surface area contributed by atoms with E-state index in [2.05, 4.69) is 5.32 Å². The van der Waals surface area contributed by atoms with Crippen LogP contribution in [0.25, 0.3) is 0 Å². The van der Waals surface area contributed by atoms with Gasteiger partial charge in [0.05, 0.1) is 4.90 Å². The lowest BCUT2D eigenvalue weighted by atomic mass is 10.0. The van der Waals surface area contributed by atoms with Crippen LogP contribution in [0.3, 0.4) is 0 Å². The first-order valence-electron chi connectivity index (χ1n) is 10.9. The molecule has 0 bridgehead atoms. The lowest BCUT2D eigenvalue weighted by Crippen LogP contribution is -2.47. The van der Waals surface area contributed by atoms with Crippen LogP contribution in [-0.4, -0.2) is 61.7 Å². The van der Waals surface area contributed by atoms with Crippen LogP contribution < -0.4 is 5.32 Å². The van der Waals surface area contributed by atoms with Crippen molar-refractivity contribution in [2.75, 3.05) is 26.2 Å². The first-order valence-corrected chi connectivity index (χ1v) is 12.3. The summed E-state index contributed by atoms with van der Waals surface area (Å²) in [5.74, 6) is -0.133. The van der Waals surface area contributed by atoms with Crippen molar-refractivity contribution in [3.63, 3.8) is 0 Å². The SMILES string of the molecule is Cc1ccc(S(=O)(=O)N2CCCCC2)cc1C(=O)NC1CCN(C(=O)C(C)C)CC1. The molecule has 1 aromatic carbocycles. The average molecular weight is 436 g/mol. The largest absolute Gasteiger partial charge is 0.349 e. The van der Waals surface area contributed by atoms with Crippen molar-refractivity contribution in [3.05, 3.63) is 29.3 Å². The molecule has 2 aliphatic heterocycles. The van der Waals surface area contributed by atoms with Crippen molar-refractivity contribution in [2.24, 2.45) is 5.92 Å². The van der Waals surface area contributed by atoms with Crippen LogP contribution in [0.15, 0.2) is 23.1 Å². The molecule has 3 rings (SSSR count). The zero-order valence-corrected chi connectivity index (χ0v) is 19.0. The predicted molar refractivity (Wildman–Crippen MR) is 116 cm³/mol. The lowest BCUT2D eigenvalue weighted by molar-refractivity contribution is -0.135. The standard InChI is InChI=1S/C22H33N3O4S/c1-16(2)22(27)24-13-9-18(10-14-24)23-21(26)20-15-19(8-7-17(20)3)30(28,29)25-11-5-4-6-12-25/h7-8,15-16,18H,4-6,9-14H2,1-3H3,(H,23,26). The Morgan fingerprint density at radius 3 is 2.27 bits per heavy atom. The minimum Gasteiger partial charge on any atom is -0.349 e. The molecule has 1 N–H and O–H groups in total. The topological polar surface area (TPSA) is 86.8 Å². The summed E-state index contributed by atoms with van der Waals surface area (Å²) in [6.45, 7) is 7.93. The third-order valence-electron chi connectivity index (χ3n) is 6.04. The highest BCUT2D eigenvalue weighted by molar-refractivity contribution is 7.89. The fourth-order valence-corrected chi connectivity index (χ4v) is 5.68. The van der Waals surface area contributed by atoms with Crippen molar-refractivity contribution in [1.82, 2.24) is 14.5 Å². The lowest BCUT2D eigenvalue weighted by Gasteiger charge is -2.33. The van der Waals surface area contributed by atoms with E-state index in [4.69, 9.17) is 0 Å². The van der Waals surface area contributed by atoms with Gasteiger partial charge in [0.25, 0.3) is 5.91 Å². The molecular weight excluding hydrogens is 402 g/mol. The number of benzene rings is 1. The number of sulfonamides is 1. The van der Waals surface area contributed by atoms with Gasteiger partial charge in [-0.3, -0.25) is 9.59 Å². The summed E-state index contributed by atoms with van der Waals surface area (Å²) in [6.07, 6.45) is 4.20. The minimum absolute atomic E-state index is 0.0181. The summed E-state index contributed by atoms with van der Waals surface area (Å²) in [7, 11) is -3.58. The molecule has 0 aliphatic carbocycles. The molecule has 0 aromatic heterocycles. The van der Waals surface area contributed by atoms with Crippen molar-refractivity contribution in [3.8, 4) is 0 Å². The zero-order valence-electron chi connectivity index (χ0n) is 18.2. The van der Waals surface area contributed by atoms with Gasteiger partial charge in [-0.25, -0.2) is 8.42 Å². The van der Waals surface area contributed by atoms with Gasteiger partial charge in [0, 0.05) is 43.7 Å². The number of nitrogens with one attached hydrogen (secondary N) is 1. The van der Waals surface area contributed by atoms with Crippen LogP contribution >= 0.6 is 0 Å². The molecule has 0 atom stereocenters. The van der Waals surface area contributed by atoms with Gasteiger partial charge in [-0.15, -0.1) is 0 Å². The summed E-state index contributed by atoms with van der Waals surface area (Å²) in [5, 5.41) is 3.04. The van der Waals surface area contributed by atoms with Gasteiger partial charge in [0.1, 0.15) is 0 Å². The maximum absolute atomic E-state index is 13.0. The Morgan fingerprint density at radius 1 is 1.03 bits per heavy atom. The normalized spacial score (nSPS) is 19.1. The maximum Gasteiger partial charge on any atom is 0.251 e. The highest BCUT2D eigenvalue weighted by Gasteiger charge is 2.28. The minimum atomic E-state index is -3.58. The van der Waals surface area contributed by atoms with Gasteiger partial charge in [-0.1, -0.05) is 26.3 Å². The van der Waals surface area contributed by atoms with Gasteiger partial charge in [-0.05, 0) is 50.3 Å².